The maximum atomic E-state index is 10.2. The van der Waals surface area contributed by atoms with E-state index in [2.05, 4.69) is 22.1 Å². The molecule has 0 aliphatic rings. The van der Waals surface area contributed by atoms with Gasteiger partial charge in [-0.05, 0) is 0 Å². The molecule has 0 bridgehead atoms. The second-order valence-corrected chi connectivity index (χ2v) is 2.93. The minimum atomic E-state index is -1.48. The van der Waals surface area contributed by atoms with Gasteiger partial charge >= 0.3 is 29.6 Å². The fraction of sp³-hybridized carbons (Fsp3) is 0.273. The van der Waals surface area contributed by atoms with Gasteiger partial charge in [0.15, 0.2) is 0 Å². The predicted molar refractivity (Wildman–Crippen MR) is 59.8 cm³/mol. The molecule has 0 radical (unpaired) electrons. The average Bonchev–Trinajstić information content (AvgIpc) is 2.28. The Hall–Kier alpha value is -0.550. The molecule has 0 fully saturated rings. The van der Waals surface area contributed by atoms with Crippen LogP contribution in [0.25, 0.3) is 0 Å². The van der Waals surface area contributed by atoms with Gasteiger partial charge in [0.25, 0.3) is 0 Å². The maximum absolute atomic E-state index is 10.2. The first-order valence-electron chi connectivity index (χ1n) is 4.62. The fourth-order valence-electron chi connectivity index (χ4n) is 1.19. The minimum absolute atomic E-state index is 0. The van der Waals surface area contributed by atoms with Gasteiger partial charge in [-0.15, -0.1) is 5.11 Å². The van der Waals surface area contributed by atoms with Crippen molar-refractivity contribution in [3.8, 4) is 0 Å². The number of benzene rings is 1. The van der Waals surface area contributed by atoms with E-state index in [1.54, 1.807) is 12.1 Å². The Morgan fingerprint density at radius 1 is 1.38 bits per heavy atom. The van der Waals surface area contributed by atoms with Crippen molar-refractivity contribution in [2.45, 2.75) is 5.72 Å². The van der Waals surface area contributed by atoms with Crippen LogP contribution in [-0.4, -0.2) is 24.9 Å². The second-order valence-electron chi connectivity index (χ2n) is 2.93. The van der Waals surface area contributed by atoms with Gasteiger partial charge < -0.3 is 17.0 Å². The molecule has 0 aliphatic carbocycles. The molecular weight excluding hydrogens is 213 g/mol. The van der Waals surface area contributed by atoms with Crippen LogP contribution in [-0.2, 0) is 5.72 Å². The molecule has 0 saturated heterocycles. The summed E-state index contributed by atoms with van der Waals surface area (Å²) in [6.45, 7) is 3.92. The van der Waals surface area contributed by atoms with Crippen LogP contribution in [0.15, 0.2) is 45.6 Å². The first kappa shape index (κ1) is 15.4. The second kappa shape index (κ2) is 7.68. The summed E-state index contributed by atoms with van der Waals surface area (Å²) in [5, 5.41) is 17.5. The molecule has 1 atom stereocenters. The molecule has 0 heterocycles. The summed E-state index contributed by atoms with van der Waals surface area (Å²) in [7, 11) is 1.51. The summed E-state index contributed by atoms with van der Waals surface area (Å²) >= 11 is 0. The standard InChI is InChI=1S/C11H14N3O.Na/c1-3-13-9-11(15,14-12-2)10-7-5-4-6-8-10;/h4-9,15H,1,3H2,2H3;/q-1;+1. The zero-order valence-electron chi connectivity index (χ0n) is 9.67. The number of rotatable bonds is 4. The Bertz CT molecular complexity index is 354. The van der Waals surface area contributed by atoms with Crippen molar-refractivity contribution in [2.75, 3.05) is 13.6 Å². The Kier molecular flexibility index (Phi) is 7.42. The molecule has 1 aromatic carbocycles. The van der Waals surface area contributed by atoms with Gasteiger partial charge in [0.2, 0.25) is 5.72 Å². The van der Waals surface area contributed by atoms with Gasteiger partial charge in [-0.25, -0.2) is 0 Å². The van der Waals surface area contributed by atoms with E-state index in [9.17, 15) is 5.11 Å². The number of azo groups is 1. The number of aliphatic hydroxyl groups is 1. The average molecular weight is 227 g/mol. The maximum Gasteiger partial charge on any atom is 1.00 e. The molecule has 1 N–H and O–H groups in total. The molecule has 1 rings (SSSR count). The first-order valence-corrected chi connectivity index (χ1v) is 4.62. The molecule has 1 unspecified atom stereocenters. The van der Waals surface area contributed by atoms with E-state index in [1.807, 2.05) is 18.2 Å². The SMILES string of the molecule is [CH2-]CN=CC(O)(N=NC)c1ccccc1.[Na+]. The zero-order chi connectivity index (χ0) is 11.1. The van der Waals surface area contributed by atoms with Crippen molar-refractivity contribution in [1.29, 1.82) is 0 Å². The third kappa shape index (κ3) is 4.14. The van der Waals surface area contributed by atoms with Gasteiger partial charge in [0.05, 0.1) is 6.21 Å². The normalized spacial score (nSPS) is 14.9. The topological polar surface area (TPSA) is 57.3 Å². The zero-order valence-corrected chi connectivity index (χ0v) is 11.7. The monoisotopic (exact) mass is 227 g/mol. The van der Waals surface area contributed by atoms with Gasteiger partial charge in [-0.2, -0.15) is 5.11 Å². The van der Waals surface area contributed by atoms with Crippen molar-refractivity contribution in [2.24, 2.45) is 15.2 Å². The first-order chi connectivity index (χ1) is 7.23. The number of hydrogen-bond acceptors (Lipinski definition) is 4. The van der Waals surface area contributed by atoms with E-state index in [0.29, 0.717) is 12.1 Å². The largest absolute Gasteiger partial charge is 1.00 e. The summed E-state index contributed by atoms with van der Waals surface area (Å²) < 4.78 is 0. The summed E-state index contributed by atoms with van der Waals surface area (Å²) in [5.41, 5.74) is -0.846. The van der Waals surface area contributed by atoms with Crippen LogP contribution in [0.3, 0.4) is 0 Å². The van der Waals surface area contributed by atoms with E-state index < -0.39 is 5.72 Å². The molecule has 1 aromatic rings. The van der Waals surface area contributed by atoms with Crippen molar-refractivity contribution in [1.82, 2.24) is 0 Å². The van der Waals surface area contributed by atoms with Crippen molar-refractivity contribution in [3.63, 3.8) is 0 Å². The van der Waals surface area contributed by atoms with Crippen molar-refractivity contribution < 1.29 is 34.7 Å². The molecule has 0 aliphatic heterocycles. The number of hydrogen-bond donors (Lipinski definition) is 1. The molecule has 0 spiro atoms. The van der Waals surface area contributed by atoms with Crippen LogP contribution in [0.2, 0.25) is 0 Å². The van der Waals surface area contributed by atoms with Gasteiger partial charge in [-0.1, -0.05) is 36.9 Å². The number of nitrogens with zero attached hydrogens (tertiary/aromatic N) is 3. The van der Waals surface area contributed by atoms with Crippen LogP contribution in [0.1, 0.15) is 5.56 Å². The summed E-state index contributed by atoms with van der Waals surface area (Å²) in [6.07, 6.45) is 1.35. The number of aliphatic imine (C=N–C) groups is 1. The Morgan fingerprint density at radius 3 is 2.50 bits per heavy atom. The van der Waals surface area contributed by atoms with E-state index in [1.165, 1.54) is 13.3 Å². The van der Waals surface area contributed by atoms with Crippen molar-refractivity contribution >= 4 is 6.21 Å². The molecule has 16 heavy (non-hydrogen) atoms. The molecule has 0 amide bonds. The fourth-order valence-corrected chi connectivity index (χ4v) is 1.19. The quantitative estimate of drug-likeness (QED) is 0.299. The molecule has 80 valence electrons. The Morgan fingerprint density at radius 2 is 2.00 bits per heavy atom. The van der Waals surface area contributed by atoms with Crippen LogP contribution in [0.4, 0.5) is 0 Å². The van der Waals surface area contributed by atoms with E-state index >= 15 is 0 Å². The third-order valence-electron chi connectivity index (χ3n) is 1.85. The molecule has 5 heteroatoms. The van der Waals surface area contributed by atoms with E-state index in [0.717, 1.165) is 0 Å². The summed E-state index contributed by atoms with van der Waals surface area (Å²) in [6, 6.07) is 9.05. The van der Waals surface area contributed by atoms with Gasteiger partial charge in [0.1, 0.15) is 0 Å². The van der Waals surface area contributed by atoms with Crippen molar-refractivity contribution in [3.05, 3.63) is 42.8 Å². The van der Waals surface area contributed by atoms with Crippen LogP contribution >= 0.6 is 0 Å². The third-order valence-corrected chi connectivity index (χ3v) is 1.85. The Labute approximate surface area is 118 Å². The summed E-state index contributed by atoms with van der Waals surface area (Å²) in [5.74, 6) is 0. The minimum Gasteiger partial charge on any atom is -0.360 e. The van der Waals surface area contributed by atoms with Gasteiger partial charge in [-0.3, -0.25) is 0 Å². The van der Waals surface area contributed by atoms with Crippen LogP contribution in [0.5, 0.6) is 0 Å². The van der Waals surface area contributed by atoms with Crippen LogP contribution < -0.4 is 29.6 Å². The van der Waals surface area contributed by atoms with E-state index in [4.69, 9.17) is 0 Å². The van der Waals surface area contributed by atoms with E-state index in [-0.39, 0.29) is 29.6 Å². The Balaban J connectivity index is 0.00000225. The molecular formula is C11H14N3NaO. The molecule has 0 saturated carbocycles. The predicted octanol–water partition coefficient (Wildman–Crippen LogP) is -1.18. The smallest absolute Gasteiger partial charge is 0.360 e. The molecule has 4 nitrogen and oxygen atoms in total. The molecule has 0 aromatic heterocycles. The van der Waals surface area contributed by atoms with Gasteiger partial charge in [0, 0.05) is 12.6 Å². The van der Waals surface area contributed by atoms with Crippen LogP contribution in [0, 0.1) is 6.92 Å². The summed E-state index contributed by atoms with van der Waals surface area (Å²) in [4.78, 5) is 3.90.